The largest absolute Gasteiger partial charge is 0.497 e. The van der Waals surface area contributed by atoms with E-state index >= 15 is 0 Å². The smallest absolute Gasteiger partial charge is 0.339 e. The van der Waals surface area contributed by atoms with E-state index in [1.165, 1.54) is 6.92 Å². The van der Waals surface area contributed by atoms with Gasteiger partial charge < -0.3 is 9.84 Å². The molecule has 0 saturated carbocycles. The van der Waals surface area contributed by atoms with E-state index in [0.717, 1.165) is 11.3 Å². The molecule has 0 saturated heterocycles. The lowest BCUT2D eigenvalue weighted by atomic mass is 10.2. The molecule has 0 aliphatic heterocycles. The molecule has 3 nitrogen and oxygen atoms in total. The minimum atomic E-state index is -0.959. The van der Waals surface area contributed by atoms with Crippen LogP contribution in [0.3, 0.4) is 0 Å². The van der Waals surface area contributed by atoms with Crippen molar-refractivity contribution in [3.8, 4) is 5.75 Å². The molecular weight excluding hydrogens is 192 g/mol. The second-order valence-electron chi connectivity index (χ2n) is 2.99. The zero-order valence-electron chi connectivity index (χ0n) is 8.65. The fourth-order valence-corrected chi connectivity index (χ4v) is 0.953. The summed E-state index contributed by atoms with van der Waals surface area (Å²) >= 11 is 0. The van der Waals surface area contributed by atoms with Crippen molar-refractivity contribution in [1.29, 1.82) is 0 Å². The Morgan fingerprint density at radius 2 is 2.00 bits per heavy atom. The van der Waals surface area contributed by atoms with Crippen LogP contribution >= 0.6 is 0 Å². The first-order valence-electron chi connectivity index (χ1n) is 4.44. The molecule has 3 heteroatoms. The van der Waals surface area contributed by atoms with Gasteiger partial charge in [0, 0.05) is 0 Å². The summed E-state index contributed by atoms with van der Waals surface area (Å²) < 4.78 is 5.00. The summed E-state index contributed by atoms with van der Waals surface area (Å²) in [5.74, 6) is -0.189. The van der Waals surface area contributed by atoms with Crippen LogP contribution in [0.25, 0.3) is 6.08 Å². The number of methoxy groups -OCH3 is 1. The Morgan fingerprint density at radius 3 is 2.47 bits per heavy atom. The first-order valence-corrected chi connectivity index (χ1v) is 4.44. The van der Waals surface area contributed by atoms with Crippen LogP contribution in [-0.4, -0.2) is 18.2 Å². The molecule has 1 N–H and O–H groups in total. The summed E-state index contributed by atoms with van der Waals surface area (Å²) in [5, 5.41) is 8.60. The first-order chi connectivity index (χ1) is 7.13. The lowest BCUT2D eigenvalue weighted by Crippen LogP contribution is -1.93. The molecule has 0 unspecified atom stereocenters. The van der Waals surface area contributed by atoms with Crippen LogP contribution in [0, 0.1) is 0 Å². The molecule has 1 rings (SSSR count). The Hall–Kier alpha value is -1.99. The third kappa shape index (κ3) is 3.33. The van der Waals surface area contributed by atoms with Crippen LogP contribution < -0.4 is 4.74 Å². The first kappa shape index (κ1) is 11.1. The summed E-state index contributed by atoms with van der Waals surface area (Å²) in [5.41, 5.74) is 3.76. The molecule has 0 amide bonds. The van der Waals surface area contributed by atoms with Gasteiger partial charge in [-0.3, -0.25) is 0 Å². The quantitative estimate of drug-likeness (QED) is 0.607. The predicted molar refractivity (Wildman–Crippen MR) is 57.8 cm³/mol. The fraction of sp³-hybridized carbons (Fsp3) is 0.167. The maximum absolute atomic E-state index is 10.5. The Kier molecular flexibility index (Phi) is 3.72. The molecule has 0 aliphatic rings. The van der Waals surface area contributed by atoms with Gasteiger partial charge in [0.2, 0.25) is 0 Å². The highest BCUT2D eigenvalue weighted by Crippen LogP contribution is 2.12. The van der Waals surface area contributed by atoms with Crippen LogP contribution in [0.5, 0.6) is 5.75 Å². The van der Waals surface area contributed by atoms with Crippen LogP contribution in [0.1, 0.15) is 12.5 Å². The molecule has 1 aromatic carbocycles. The SMILES string of the molecule is COc1ccc(C=C=C(C)C(=O)O)cc1. The molecule has 0 aliphatic carbocycles. The average molecular weight is 204 g/mol. The molecule has 0 heterocycles. The summed E-state index contributed by atoms with van der Waals surface area (Å²) in [6.45, 7) is 1.50. The monoisotopic (exact) mass is 204 g/mol. The van der Waals surface area contributed by atoms with Crippen LogP contribution in [-0.2, 0) is 4.79 Å². The molecule has 1 aromatic rings. The maximum atomic E-state index is 10.5. The summed E-state index contributed by atoms with van der Waals surface area (Å²) in [4.78, 5) is 10.5. The standard InChI is InChI=1S/C12H12O3/c1-9(12(13)14)3-4-10-5-7-11(15-2)8-6-10/h4-8H,1-2H3,(H,13,14). The maximum Gasteiger partial charge on any atom is 0.339 e. The van der Waals surface area contributed by atoms with Gasteiger partial charge in [-0.2, -0.15) is 0 Å². The number of rotatable bonds is 3. The third-order valence-electron chi connectivity index (χ3n) is 1.89. The molecule has 0 spiro atoms. The Balaban J connectivity index is 2.90. The average Bonchev–Trinajstić information content (AvgIpc) is 2.26. The normalized spacial score (nSPS) is 8.93. The van der Waals surface area contributed by atoms with Gasteiger partial charge >= 0.3 is 5.97 Å². The summed E-state index contributed by atoms with van der Waals surface area (Å²) in [6.07, 6.45) is 1.63. The Labute approximate surface area is 88.3 Å². The summed E-state index contributed by atoms with van der Waals surface area (Å²) in [6, 6.07) is 7.29. The highest BCUT2D eigenvalue weighted by Gasteiger charge is 1.96. The minimum Gasteiger partial charge on any atom is -0.497 e. The number of carbonyl (C=O) groups is 1. The lowest BCUT2D eigenvalue weighted by Gasteiger charge is -1.97. The minimum absolute atomic E-state index is 0.186. The second kappa shape index (κ2) is 5.03. The zero-order chi connectivity index (χ0) is 11.3. The topological polar surface area (TPSA) is 46.5 Å². The third-order valence-corrected chi connectivity index (χ3v) is 1.89. The van der Waals surface area contributed by atoms with E-state index in [9.17, 15) is 4.79 Å². The Bertz CT molecular complexity index is 409. The van der Waals surface area contributed by atoms with Crippen molar-refractivity contribution < 1.29 is 14.6 Å². The van der Waals surface area contributed by atoms with Crippen molar-refractivity contribution in [2.24, 2.45) is 0 Å². The fourth-order valence-electron chi connectivity index (χ4n) is 0.953. The van der Waals surface area contributed by atoms with Crippen molar-refractivity contribution in [2.45, 2.75) is 6.92 Å². The molecule has 0 aromatic heterocycles. The van der Waals surface area contributed by atoms with Crippen LogP contribution in [0.2, 0.25) is 0 Å². The van der Waals surface area contributed by atoms with Gasteiger partial charge in [-0.15, -0.1) is 5.73 Å². The van der Waals surface area contributed by atoms with Crippen molar-refractivity contribution in [2.75, 3.05) is 7.11 Å². The lowest BCUT2D eigenvalue weighted by molar-refractivity contribution is -0.132. The number of hydrogen-bond acceptors (Lipinski definition) is 2. The highest BCUT2D eigenvalue weighted by molar-refractivity contribution is 5.86. The molecular formula is C12H12O3. The number of benzene rings is 1. The van der Waals surface area contributed by atoms with Crippen molar-refractivity contribution in [3.63, 3.8) is 0 Å². The Morgan fingerprint density at radius 1 is 1.40 bits per heavy atom. The number of ether oxygens (including phenoxy) is 1. The molecule has 15 heavy (non-hydrogen) atoms. The van der Waals surface area contributed by atoms with Gasteiger partial charge in [0.1, 0.15) is 5.75 Å². The van der Waals surface area contributed by atoms with E-state index in [1.807, 2.05) is 24.3 Å². The van der Waals surface area contributed by atoms with E-state index in [1.54, 1.807) is 13.2 Å². The van der Waals surface area contributed by atoms with Gasteiger partial charge in [-0.05, 0) is 30.7 Å². The number of hydrogen-bond donors (Lipinski definition) is 1. The highest BCUT2D eigenvalue weighted by atomic mass is 16.5. The zero-order valence-corrected chi connectivity index (χ0v) is 8.65. The van der Waals surface area contributed by atoms with E-state index in [0.29, 0.717) is 0 Å². The van der Waals surface area contributed by atoms with Crippen molar-refractivity contribution >= 4 is 12.0 Å². The number of carboxylic acid groups (broad SMARTS) is 1. The molecule has 0 atom stereocenters. The van der Waals surface area contributed by atoms with Crippen LogP contribution in [0.15, 0.2) is 35.6 Å². The van der Waals surface area contributed by atoms with Crippen molar-refractivity contribution in [3.05, 3.63) is 41.1 Å². The van der Waals surface area contributed by atoms with Gasteiger partial charge in [0.25, 0.3) is 0 Å². The van der Waals surface area contributed by atoms with Gasteiger partial charge in [0.05, 0.1) is 12.7 Å². The van der Waals surface area contributed by atoms with E-state index in [-0.39, 0.29) is 5.57 Å². The van der Waals surface area contributed by atoms with Gasteiger partial charge in [-0.1, -0.05) is 12.1 Å². The van der Waals surface area contributed by atoms with Crippen molar-refractivity contribution in [1.82, 2.24) is 0 Å². The summed E-state index contributed by atoms with van der Waals surface area (Å²) in [7, 11) is 1.60. The van der Waals surface area contributed by atoms with E-state index < -0.39 is 5.97 Å². The van der Waals surface area contributed by atoms with E-state index in [4.69, 9.17) is 9.84 Å². The van der Waals surface area contributed by atoms with Gasteiger partial charge in [0.15, 0.2) is 0 Å². The predicted octanol–water partition coefficient (Wildman–Crippen LogP) is 2.34. The number of aliphatic carboxylic acids is 1. The van der Waals surface area contributed by atoms with E-state index in [2.05, 4.69) is 5.73 Å². The second-order valence-corrected chi connectivity index (χ2v) is 2.99. The number of carboxylic acids is 1. The molecule has 0 bridgehead atoms. The molecule has 0 radical (unpaired) electrons. The van der Waals surface area contributed by atoms with Crippen LogP contribution in [0.4, 0.5) is 0 Å². The molecule has 78 valence electrons. The molecule has 0 fully saturated rings. The van der Waals surface area contributed by atoms with Gasteiger partial charge in [-0.25, -0.2) is 4.79 Å².